The van der Waals surface area contributed by atoms with E-state index in [0.29, 0.717) is 25.6 Å². The van der Waals surface area contributed by atoms with Crippen LogP contribution in [0, 0.1) is 11.8 Å². The molecule has 2 amide bonds. The van der Waals surface area contributed by atoms with E-state index >= 15 is 0 Å². The van der Waals surface area contributed by atoms with Gasteiger partial charge >= 0.3 is 13.2 Å². The summed E-state index contributed by atoms with van der Waals surface area (Å²) in [6.45, 7) is 19.2. The van der Waals surface area contributed by atoms with Gasteiger partial charge < -0.3 is 29.6 Å². The number of carbonyl (C=O) groups excluding carboxylic acids is 2. The molecule has 10 nitrogen and oxygen atoms in total. The highest BCUT2D eigenvalue weighted by atomic mass is 16.7. The van der Waals surface area contributed by atoms with E-state index in [1.165, 1.54) is 0 Å². The van der Waals surface area contributed by atoms with Crippen molar-refractivity contribution in [3.63, 3.8) is 0 Å². The van der Waals surface area contributed by atoms with Gasteiger partial charge in [-0.1, -0.05) is 13.8 Å². The van der Waals surface area contributed by atoms with Gasteiger partial charge in [0.05, 0.1) is 11.2 Å². The Morgan fingerprint density at radius 3 is 2.28 bits per heavy atom. The molecule has 1 aromatic heterocycles. The van der Waals surface area contributed by atoms with Crippen LogP contribution in [0.3, 0.4) is 0 Å². The van der Waals surface area contributed by atoms with Crippen LogP contribution in [0.1, 0.15) is 68.7 Å². The number of rotatable bonds is 7. The Labute approximate surface area is 215 Å². The molecule has 3 heterocycles. The van der Waals surface area contributed by atoms with Crippen LogP contribution in [0.5, 0.6) is 0 Å². The molecule has 2 aliphatic heterocycles. The van der Waals surface area contributed by atoms with Crippen LogP contribution in [-0.2, 0) is 18.8 Å². The zero-order valence-corrected chi connectivity index (χ0v) is 23.2. The minimum atomic E-state index is -0.627. The number of hydrogen-bond acceptors (Lipinski definition) is 8. The molecule has 2 saturated heterocycles. The number of amides is 2. The van der Waals surface area contributed by atoms with Gasteiger partial charge in [0.25, 0.3) is 0 Å². The van der Waals surface area contributed by atoms with Crippen molar-refractivity contribution in [2.45, 2.75) is 91.6 Å². The third-order valence-electron chi connectivity index (χ3n) is 6.95. The summed E-state index contributed by atoms with van der Waals surface area (Å²) in [6.07, 6.45) is 3.73. The molecule has 11 heteroatoms. The van der Waals surface area contributed by atoms with Gasteiger partial charge in [-0.3, -0.25) is 4.79 Å². The second-order valence-electron chi connectivity index (χ2n) is 12.1. The molecule has 200 valence electrons. The van der Waals surface area contributed by atoms with Crippen LogP contribution in [0.2, 0.25) is 0 Å². The van der Waals surface area contributed by atoms with Crippen molar-refractivity contribution in [2.24, 2.45) is 11.8 Å². The molecule has 3 rings (SSSR count). The van der Waals surface area contributed by atoms with Gasteiger partial charge in [-0.05, 0) is 66.7 Å². The zero-order valence-electron chi connectivity index (χ0n) is 23.2. The highest BCUT2D eigenvalue weighted by Gasteiger charge is 2.52. The number of hydrogen-bond donors (Lipinski definition) is 2. The lowest BCUT2D eigenvalue weighted by Crippen LogP contribution is -2.51. The lowest BCUT2D eigenvalue weighted by molar-refractivity contribution is -0.133. The third kappa shape index (κ3) is 6.88. The summed E-state index contributed by atoms with van der Waals surface area (Å²) in [4.78, 5) is 36.1. The number of ether oxygens (including phenoxy) is 1. The van der Waals surface area contributed by atoms with E-state index in [2.05, 4.69) is 20.6 Å². The van der Waals surface area contributed by atoms with E-state index in [1.54, 1.807) is 33.2 Å². The third-order valence-corrected chi connectivity index (χ3v) is 6.95. The molecule has 2 N–H and O–H groups in total. The quantitative estimate of drug-likeness (QED) is 0.546. The van der Waals surface area contributed by atoms with Crippen molar-refractivity contribution in [1.82, 2.24) is 20.2 Å². The fourth-order valence-corrected chi connectivity index (χ4v) is 4.11. The number of carbonyl (C=O) groups is 2. The smallest absolute Gasteiger partial charge is 0.444 e. The molecule has 0 aliphatic carbocycles. The molecule has 1 aromatic rings. The Kier molecular flexibility index (Phi) is 8.25. The summed E-state index contributed by atoms with van der Waals surface area (Å²) in [5, 5.41) is 6.03. The van der Waals surface area contributed by atoms with Gasteiger partial charge in [0, 0.05) is 37.5 Å². The van der Waals surface area contributed by atoms with E-state index in [4.69, 9.17) is 14.0 Å². The Balaban J connectivity index is 1.50. The highest BCUT2D eigenvalue weighted by Crippen LogP contribution is 2.36. The maximum absolute atomic E-state index is 13.1. The first-order valence-corrected chi connectivity index (χ1v) is 12.8. The fraction of sp³-hybridized carbons (Fsp3) is 0.760. The van der Waals surface area contributed by atoms with Crippen LogP contribution in [-0.4, -0.2) is 76.5 Å². The van der Waals surface area contributed by atoms with E-state index in [-0.39, 0.29) is 17.7 Å². The molecule has 0 bridgehead atoms. The normalized spacial score (nSPS) is 22.0. The summed E-state index contributed by atoms with van der Waals surface area (Å²) in [6, 6.07) is -0.627. The number of nitrogens with zero attached hydrogens (tertiary/aromatic N) is 3. The molecule has 36 heavy (non-hydrogen) atoms. The van der Waals surface area contributed by atoms with Crippen molar-refractivity contribution in [1.29, 1.82) is 0 Å². The predicted octanol–water partition coefficient (Wildman–Crippen LogP) is 2.59. The van der Waals surface area contributed by atoms with Gasteiger partial charge in [-0.25, -0.2) is 14.8 Å². The molecule has 2 fully saturated rings. The molecule has 2 aliphatic rings. The second-order valence-corrected chi connectivity index (χ2v) is 12.1. The molecule has 0 spiro atoms. The van der Waals surface area contributed by atoms with Crippen LogP contribution in [0.15, 0.2) is 12.4 Å². The van der Waals surface area contributed by atoms with Crippen LogP contribution in [0.4, 0.5) is 10.7 Å². The lowest BCUT2D eigenvalue weighted by atomic mass is 9.81. The number of alkyl carbamates (subject to hydrolysis) is 1. The Morgan fingerprint density at radius 1 is 1.17 bits per heavy atom. The Morgan fingerprint density at radius 2 is 1.75 bits per heavy atom. The average molecular weight is 503 g/mol. The minimum Gasteiger partial charge on any atom is -0.444 e. The largest absolute Gasteiger partial charge is 0.498 e. The van der Waals surface area contributed by atoms with Crippen molar-refractivity contribution >= 4 is 30.5 Å². The number of aromatic nitrogens is 2. The molecule has 0 radical (unpaired) electrons. The maximum atomic E-state index is 13.1. The first kappa shape index (κ1) is 28.2. The molecular formula is C25H42BN5O5. The first-order chi connectivity index (χ1) is 16.6. The number of nitrogens with one attached hydrogen (secondary N) is 2. The van der Waals surface area contributed by atoms with E-state index < -0.39 is 36.1 Å². The summed E-state index contributed by atoms with van der Waals surface area (Å²) < 4.78 is 17.5. The topological polar surface area (TPSA) is 115 Å². The Bertz CT molecular complexity index is 916. The molecular weight excluding hydrogens is 461 g/mol. The van der Waals surface area contributed by atoms with Crippen molar-refractivity contribution in [3.05, 3.63) is 12.4 Å². The summed E-state index contributed by atoms with van der Waals surface area (Å²) in [5.41, 5.74) is -0.688. The molecule has 0 aromatic carbocycles. The second kappa shape index (κ2) is 10.5. The monoisotopic (exact) mass is 503 g/mol. The minimum absolute atomic E-state index is 0.0573. The maximum Gasteiger partial charge on any atom is 0.498 e. The van der Waals surface area contributed by atoms with Crippen LogP contribution < -0.4 is 16.1 Å². The van der Waals surface area contributed by atoms with Crippen molar-refractivity contribution in [2.75, 3.05) is 25.0 Å². The van der Waals surface area contributed by atoms with Gasteiger partial charge in [-0.2, -0.15) is 0 Å². The van der Waals surface area contributed by atoms with Crippen molar-refractivity contribution in [3.8, 4) is 0 Å². The van der Waals surface area contributed by atoms with Crippen LogP contribution in [0.25, 0.3) is 0 Å². The summed E-state index contributed by atoms with van der Waals surface area (Å²) in [5.74, 6) is 0.640. The lowest BCUT2D eigenvalue weighted by Gasteiger charge is -2.32. The number of anilines is 1. The standard InChI is InChI=1S/C25H42BN5O5/c1-16(2)19(30-22(33)34-23(3,4)5)20(32)31-11-10-17(15-31)12-27-21-28-13-18(14-29-21)26-35-24(6,7)25(8,9)36-26/h13-14,16-17,19H,10-12,15H2,1-9H3,(H,30,33)(H,27,28,29)/t17-,19+/m1/s1. The Hall–Kier alpha value is -2.40. The zero-order chi connectivity index (χ0) is 26.9. The summed E-state index contributed by atoms with van der Waals surface area (Å²) in [7, 11) is -0.498. The average Bonchev–Trinajstić information content (AvgIpc) is 3.30. The van der Waals surface area contributed by atoms with Gasteiger partial charge in [0.2, 0.25) is 11.9 Å². The van der Waals surface area contributed by atoms with E-state index in [9.17, 15) is 9.59 Å². The number of likely N-dealkylation sites (tertiary alicyclic amines) is 1. The van der Waals surface area contributed by atoms with E-state index in [1.807, 2.05) is 46.4 Å². The van der Waals surface area contributed by atoms with Crippen LogP contribution >= 0.6 is 0 Å². The highest BCUT2D eigenvalue weighted by molar-refractivity contribution is 6.61. The SMILES string of the molecule is CC(C)[C@H](NC(=O)OC(C)(C)C)C(=O)N1CC[C@H](CNc2ncc(B3OC(C)(C)C(C)(C)O3)cn2)C1. The molecule has 2 atom stereocenters. The van der Waals surface area contributed by atoms with E-state index in [0.717, 1.165) is 11.9 Å². The fourth-order valence-electron chi connectivity index (χ4n) is 4.11. The molecule has 0 saturated carbocycles. The molecule has 0 unspecified atom stereocenters. The van der Waals surface area contributed by atoms with Gasteiger partial charge in [0.1, 0.15) is 11.6 Å². The van der Waals surface area contributed by atoms with Gasteiger partial charge in [-0.15, -0.1) is 0 Å². The first-order valence-electron chi connectivity index (χ1n) is 12.8. The van der Waals surface area contributed by atoms with Crippen molar-refractivity contribution < 1.29 is 23.6 Å². The summed E-state index contributed by atoms with van der Waals surface area (Å²) >= 11 is 0. The predicted molar refractivity (Wildman–Crippen MR) is 139 cm³/mol. The van der Waals surface area contributed by atoms with Gasteiger partial charge in [0.15, 0.2) is 0 Å².